The van der Waals surface area contributed by atoms with Crippen molar-refractivity contribution in [1.29, 1.82) is 0 Å². The second-order valence-electron chi connectivity index (χ2n) is 5.32. The number of aliphatic carboxylic acids is 1. The summed E-state index contributed by atoms with van der Waals surface area (Å²) in [5.41, 5.74) is 0. The molecule has 1 aliphatic rings. The molecule has 0 aromatic rings. The minimum absolute atomic E-state index is 0.824. The van der Waals surface area contributed by atoms with Gasteiger partial charge in [-0.3, -0.25) is 0 Å². The van der Waals surface area contributed by atoms with Gasteiger partial charge in [0, 0.05) is 0 Å². The third-order valence-electron chi connectivity index (χ3n) is 3.63. The van der Waals surface area contributed by atoms with Crippen molar-refractivity contribution >= 4 is 5.97 Å². The standard InChI is InChI=1S/C12H22O12/c13-1-3(15)5(16)6(17)10(11(20)21)24-9-4(2-14)23-12(22)8(19)7(9)18/h3-10,12-19,22H,1-2H2,(H,20,21)/t3-,4-,5+,6+,7-,8-,9-,10-,12-/m0/s1. The molecule has 0 saturated carbocycles. The predicted octanol–water partition coefficient (Wildman–Crippen LogP) is -5.67. The van der Waals surface area contributed by atoms with E-state index in [0.717, 1.165) is 0 Å². The topological polar surface area (TPSA) is 218 Å². The summed E-state index contributed by atoms with van der Waals surface area (Å²) in [6.07, 6.45) is -17.1. The highest BCUT2D eigenvalue weighted by atomic mass is 16.7. The molecule has 0 aliphatic carbocycles. The lowest BCUT2D eigenvalue weighted by Gasteiger charge is -2.41. The van der Waals surface area contributed by atoms with Gasteiger partial charge in [-0.2, -0.15) is 0 Å². The molecule has 0 unspecified atom stereocenters. The smallest absolute Gasteiger partial charge is 0.335 e. The molecule has 1 fully saturated rings. The molecule has 142 valence electrons. The lowest BCUT2D eigenvalue weighted by atomic mass is 9.97. The van der Waals surface area contributed by atoms with Crippen LogP contribution in [0.15, 0.2) is 0 Å². The van der Waals surface area contributed by atoms with Crippen LogP contribution < -0.4 is 0 Å². The van der Waals surface area contributed by atoms with Gasteiger partial charge < -0.3 is 55.4 Å². The Hall–Kier alpha value is -0.930. The van der Waals surface area contributed by atoms with Crippen LogP contribution in [0, 0.1) is 0 Å². The van der Waals surface area contributed by atoms with E-state index in [-0.39, 0.29) is 0 Å². The predicted molar refractivity (Wildman–Crippen MR) is 71.4 cm³/mol. The van der Waals surface area contributed by atoms with Crippen molar-refractivity contribution in [1.82, 2.24) is 0 Å². The minimum Gasteiger partial charge on any atom is -0.479 e. The average Bonchev–Trinajstić information content (AvgIpc) is 2.56. The van der Waals surface area contributed by atoms with Gasteiger partial charge in [-0.15, -0.1) is 0 Å². The van der Waals surface area contributed by atoms with Crippen LogP contribution in [-0.2, 0) is 14.3 Å². The first-order valence-corrected chi connectivity index (χ1v) is 6.99. The zero-order valence-electron chi connectivity index (χ0n) is 12.4. The number of carbonyl (C=O) groups is 1. The number of hydrogen-bond acceptors (Lipinski definition) is 11. The van der Waals surface area contributed by atoms with Gasteiger partial charge in [-0.1, -0.05) is 0 Å². The third kappa shape index (κ3) is 4.58. The second-order valence-corrected chi connectivity index (χ2v) is 5.32. The van der Waals surface area contributed by atoms with Crippen LogP contribution in [-0.4, -0.2) is 120 Å². The van der Waals surface area contributed by atoms with Crippen LogP contribution in [0.3, 0.4) is 0 Å². The van der Waals surface area contributed by atoms with Crippen LogP contribution in [0.1, 0.15) is 0 Å². The van der Waals surface area contributed by atoms with Gasteiger partial charge in [0.2, 0.25) is 0 Å². The van der Waals surface area contributed by atoms with Gasteiger partial charge in [0.05, 0.1) is 13.2 Å². The maximum atomic E-state index is 11.2. The van der Waals surface area contributed by atoms with E-state index in [9.17, 15) is 35.4 Å². The monoisotopic (exact) mass is 358 g/mol. The van der Waals surface area contributed by atoms with E-state index < -0.39 is 74.3 Å². The highest BCUT2D eigenvalue weighted by molar-refractivity contribution is 5.73. The minimum atomic E-state index is -2.22. The summed E-state index contributed by atoms with van der Waals surface area (Å²) in [4.78, 5) is 11.2. The van der Waals surface area contributed by atoms with Gasteiger partial charge in [0.25, 0.3) is 0 Å². The molecule has 0 spiro atoms. The van der Waals surface area contributed by atoms with Crippen LogP contribution in [0.2, 0.25) is 0 Å². The summed E-state index contributed by atoms with van der Waals surface area (Å²) in [5.74, 6) is -1.80. The molecule has 1 saturated heterocycles. The van der Waals surface area contributed by atoms with Crippen molar-refractivity contribution in [3.8, 4) is 0 Å². The molecular weight excluding hydrogens is 336 g/mol. The normalized spacial score (nSPS) is 35.9. The van der Waals surface area contributed by atoms with E-state index in [1.165, 1.54) is 0 Å². The van der Waals surface area contributed by atoms with Crippen molar-refractivity contribution in [2.75, 3.05) is 13.2 Å². The number of aliphatic hydroxyl groups excluding tert-OH is 8. The molecule has 0 aromatic heterocycles. The zero-order valence-corrected chi connectivity index (χ0v) is 12.4. The zero-order chi connectivity index (χ0) is 18.6. The van der Waals surface area contributed by atoms with Gasteiger partial charge >= 0.3 is 5.97 Å². The molecule has 0 aromatic carbocycles. The molecule has 1 rings (SSSR count). The number of carboxylic acid groups (broad SMARTS) is 1. The number of hydrogen-bond donors (Lipinski definition) is 9. The third-order valence-corrected chi connectivity index (χ3v) is 3.63. The lowest BCUT2D eigenvalue weighted by molar-refractivity contribution is -0.304. The number of carboxylic acids is 1. The van der Waals surface area contributed by atoms with E-state index in [1.54, 1.807) is 0 Å². The molecule has 24 heavy (non-hydrogen) atoms. The molecule has 0 radical (unpaired) electrons. The summed E-state index contributed by atoms with van der Waals surface area (Å²) >= 11 is 0. The van der Waals surface area contributed by atoms with Crippen molar-refractivity contribution in [3.05, 3.63) is 0 Å². The Labute approximate surface area is 135 Å². The van der Waals surface area contributed by atoms with Crippen LogP contribution >= 0.6 is 0 Å². The first kappa shape index (κ1) is 21.1. The summed E-state index contributed by atoms with van der Waals surface area (Å²) in [5, 5.41) is 84.4. The first-order valence-electron chi connectivity index (χ1n) is 6.99. The first-order chi connectivity index (χ1) is 11.1. The molecule has 9 N–H and O–H groups in total. The van der Waals surface area contributed by atoms with Gasteiger partial charge in [-0.05, 0) is 0 Å². The SMILES string of the molecule is O=C(O)[C@@H](O[C@@H]1[C@@H](O)[C@H](O)[C@@H](O)O[C@H]1CO)[C@H](O)[C@H](O)[C@@H](O)CO. The fraction of sp³-hybridized carbons (Fsp3) is 0.917. The Balaban J connectivity index is 2.95. The fourth-order valence-corrected chi connectivity index (χ4v) is 2.20. The van der Waals surface area contributed by atoms with E-state index in [2.05, 4.69) is 0 Å². The molecule has 0 amide bonds. The Bertz CT molecular complexity index is 403. The maximum absolute atomic E-state index is 11.2. The molecule has 12 nitrogen and oxygen atoms in total. The summed E-state index contributed by atoms with van der Waals surface area (Å²) < 4.78 is 9.72. The van der Waals surface area contributed by atoms with Crippen LogP contribution in [0.25, 0.3) is 0 Å². The van der Waals surface area contributed by atoms with Crippen LogP contribution in [0.4, 0.5) is 0 Å². The lowest BCUT2D eigenvalue weighted by Crippen LogP contribution is -2.62. The van der Waals surface area contributed by atoms with Crippen LogP contribution in [0.5, 0.6) is 0 Å². The van der Waals surface area contributed by atoms with E-state index >= 15 is 0 Å². The molecule has 1 heterocycles. The summed E-state index contributed by atoms with van der Waals surface area (Å²) in [6, 6.07) is 0. The number of aliphatic hydroxyl groups is 8. The Morgan fingerprint density at radius 2 is 1.62 bits per heavy atom. The van der Waals surface area contributed by atoms with E-state index in [0.29, 0.717) is 0 Å². The quantitative estimate of drug-likeness (QED) is 0.198. The molecule has 0 bridgehead atoms. The largest absolute Gasteiger partial charge is 0.479 e. The van der Waals surface area contributed by atoms with Crippen molar-refractivity contribution < 1.29 is 60.2 Å². The maximum Gasteiger partial charge on any atom is 0.335 e. The summed E-state index contributed by atoms with van der Waals surface area (Å²) in [6.45, 7) is -1.79. The highest BCUT2D eigenvalue weighted by Crippen LogP contribution is 2.25. The van der Waals surface area contributed by atoms with Gasteiger partial charge in [0.15, 0.2) is 12.4 Å². The molecule has 1 aliphatic heterocycles. The number of rotatable bonds is 8. The fourth-order valence-electron chi connectivity index (χ4n) is 2.20. The molecule has 12 heteroatoms. The van der Waals surface area contributed by atoms with E-state index in [4.69, 9.17) is 24.8 Å². The summed E-state index contributed by atoms with van der Waals surface area (Å²) in [7, 11) is 0. The Morgan fingerprint density at radius 3 is 2.08 bits per heavy atom. The van der Waals surface area contributed by atoms with E-state index in [1.807, 2.05) is 0 Å². The molecule has 9 atom stereocenters. The van der Waals surface area contributed by atoms with Gasteiger partial charge in [-0.25, -0.2) is 4.79 Å². The van der Waals surface area contributed by atoms with Crippen molar-refractivity contribution in [2.45, 2.75) is 55.1 Å². The molecular formula is C12H22O12. The highest BCUT2D eigenvalue weighted by Gasteiger charge is 2.48. The average molecular weight is 358 g/mol. The van der Waals surface area contributed by atoms with Gasteiger partial charge in [0.1, 0.15) is 42.7 Å². The Kier molecular flexibility index (Phi) is 7.88. The Morgan fingerprint density at radius 1 is 1.04 bits per heavy atom. The van der Waals surface area contributed by atoms with Crippen molar-refractivity contribution in [3.63, 3.8) is 0 Å². The number of ether oxygens (including phenoxy) is 2. The van der Waals surface area contributed by atoms with Crippen molar-refractivity contribution in [2.24, 2.45) is 0 Å². The second kappa shape index (κ2) is 8.96.